The summed E-state index contributed by atoms with van der Waals surface area (Å²) in [6.07, 6.45) is 3.88. The number of aryl methyl sites for hydroxylation is 1. The van der Waals surface area contributed by atoms with Crippen LogP contribution in [0.3, 0.4) is 0 Å². The third kappa shape index (κ3) is 2.63. The molecule has 0 amide bonds. The zero-order valence-corrected chi connectivity index (χ0v) is 11.9. The molecule has 1 aromatic heterocycles. The maximum Gasteiger partial charge on any atom is 0.205 e. The monoisotopic (exact) mass is 267 g/mol. The van der Waals surface area contributed by atoms with Gasteiger partial charge in [-0.25, -0.2) is 4.98 Å². The van der Waals surface area contributed by atoms with E-state index in [0.29, 0.717) is 5.84 Å². The van der Waals surface area contributed by atoms with Gasteiger partial charge >= 0.3 is 0 Å². The molecule has 1 aromatic rings. The summed E-state index contributed by atoms with van der Waals surface area (Å²) in [6.45, 7) is 6.04. The minimum Gasteiger partial charge on any atom is -0.387 e. The van der Waals surface area contributed by atoms with E-state index in [1.54, 1.807) is 0 Å². The first-order valence-corrected chi connectivity index (χ1v) is 7.24. The Hall–Kier alpha value is -1.17. The fourth-order valence-corrected chi connectivity index (χ4v) is 2.92. The second kappa shape index (κ2) is 5.22. The topological polar surface area (TPSA) is 78.9 Å². The molecule has 18 heavy (non-hydrogen) atoms. The van der Waals surface area contributed by atoms with Crippen molar-refractivity contribution in [3.63, 3.8) is 0 Å². The zero-order chi connectivity index (χ0) is 13.2. The van der Waals surface area contributed by atoms with Crippen LogP contribution < -0.4 is 10.6 Å². The number of hydrogen-bond acceptors (Lipinski definition) is 5. The van der Waals surface area contributed by atoms with Crippen LogP contribution in [0.5, 0.6) is 0 Å². The standard InChI is InChI=1S/C12H21N5S/c1-3-4-9-15-11(18-16-9)17-7-5-12(2,6-8-17)10(13)14/h3-8H2,1-2H3,(H3,13,14). The summed E-state index contributed by atoms with van der Waals surface area (Å²) >= 11 is 1.48. The summed E-state index contributed by atoms with van der Waals surface area (Å²) in [5.41, 5.74) is 5.54. The number of nitrogens with one attached hydrogen (secondary N) is 1. The van der Waals surface area contributed by atoms with Crippen molar-refractivity contribution in [2.75, 3.05) is 18.0 Å². The number of hydrogen-bond donors (Lipinski definition) is 2. The number of nitrogens with zero attached hydrogens (tertiary/aromatic N) is 3. The first kappa shape index (κ1) is 13.3. The molecule has 2 rings (SSSR count). The lowest BCUT2D eigenvalue weighted by molar-refractivity contribution is 0.351. The van der Waals surface area contributed by atoms with Gasteiger partial charge in [-0.1, -0.05) is 13.8 Å². The van der Waals surface area contributed by atoms with Crippen LogP contribution in [-0.2, 0) is 6.42 Å². The second-order valence-corrected chi connectivity index (χ2v) is 5.93. The minimum absolute atomic E-state index is 0.132. The number of aromatic nitrogens is 2. The van der Waals surface area contributed by atoms with Crippen LogP contribution in [-0.4, -0.2) is 28.3 Å². The molecule has 100 valence electrons. The Balaban J connectivity index is 1.98. The molecule has 1 aliphatic heterocycles. The smallest absolute Gasteiger partial charge is 0.205 e. The molecular formula is C12H21N5S. The molecule has 0 unspecified atom stereocenters. The van der Waals surface area contributed by atoms with Crippen LogP contribution in [0.2, 0.25) is 0 Å². The predicted molar refractivity (Wildman–Crippen MR) is 75.4 cm³/mol. The average Bonchev–Trinajstić information content (AvgIpc) is 2.79. The molecule has 0 atom stereocenters. The van der Waals surface area contributed by atoms with Crippen LogP contribution in [0.1, 0.15) is 38.9 Å². The van der Waals surface area contributed by atoms with Gasteiger partial charge in [0.25, 0.3) is 0 Å². The lowest BCUT2D eigenvalue weighted by Crippen LogP contribution is -2.45. The lowest BCUT2D eigenvalue weighted by Gasteiger charge is -2.38. The summed E-state index contributed by atoms with van der Waals surface area (Å²) in [7, 11) is 0. The van der Waals surface area contributed by atoms with Crippen LogP contribution in [0.25, 0.3) is 0 Å². The summed E-state index contributed by atoms with van der Waals surface area (Å²) in [6, 6.07) is 0. The maximum atomic E-state index is 7.65. The van der Waals surface area contributed by atoms with Gasteiger partial charge in [-0.15, -0.1) is 0 Å². The molecule has 2 heterocycles. The van der Waals surface area contributed by atoms with Crippen LogP contribution in [0.15, 0.2) is 0 Å². The number of nitrogens with two attached hydrogens (primary N) is 1. The van der Waals surface area contributed by atoms with E-state index in [-0.39, 0.29) is 5.41 Å². The highest BCUT2D eigenvalue weighted by molar-refractivity contribution is 7.09. The number of rotatable bonds is 4. The third-order valence-corrected chi connectivity index (χ3v) is 4.53. The highest BCUT2D eigenvalue weighted by atomic mass is 32.1. The normalized spacial score (nSPS) is 18.9. The van der Waals surface area contributed by atoms with Crippen molar-refractivity contribution >= 4 is 22.5 Å². The summed E-state index contributed by atoms with van der Waals surface area (Å²) in [4.78, 5) is 6.83. The van der Waals surface area contributed by atoms with Crippen LogP contribution in [0, 0.1) is 10.8 Å². The third-order valence-electron chi connectivity index (χ3n) is 3.72. The maximum absolute atomic E-state index is 7.65. The largest absolute Gasteiger partial charge is 0.387 e. The molecule has 0 saturated carbocycles. The van der Waals surface area contributed by atoms with Crippen molar-refractivity contribution in [3.05, 3.63) is 5.82 Å². The van der Waals surface area contributed by atoms with Crippen molar-refractivity contribution < 1.29 is 0 Å². The number of piperidine rings is 1. The molecule has 5 nitrogen and oxygen atoms in total. The van der Waals surface area contributed by atoms with Gasteiger partial charge in [0.15, 0.2) is 0 Å². The Kier molecular flexibility index (Phi) is 3.85. The molecule has 0 bridgehead atoms. The van der Waals surface area contributed by atoms with E-state index >= 15 is 0 Å². The molecule has 0 spiro atoms. The quantitative estimate of drug-likeness (QED) is 0.646. The van der Waals surface area contributed by atoms with Gasteiger partial charge in [-0.2, -0.15) is 4.37 Å². The SMILES string of the molecule is CCCc1nsc(N2CCC(C)(C(=N)N)CC2)n1. The first-order chi connectivity index (χ1) is 8.55. The van der Waals surface area contributed by atoms with E-state index in [1.807, 2.05) is 0 Å². The number of anilines is 1. The molecule has 0 radical (unpaired) electrons. The number of amidine groups is 1. The molecule has 1 saturated heterocycles. The van der Waals surface area contributed by atoms with Gasteiger partial charge in [0, 0.05) is 36.5 Å². The molecule has 0 aliphatic carbocycles. The van der Waals surface area contributed by atoms with Crippen molar-refractivity contribution in [3.8, 4) is 0 Å². The zero-order valence-electron chi connectivity index (χ0n) is 11.1. The second-order valence-electron chi connectivity index (χ2n) is 5.20. The molecule has 3 N–H and O–H groups in total. The Morgan fingerprint density at radius 2 is 2.17 bits per heavy atom. The average molecular weight is 267 g/mol. The minimum atomic E-state index is -0.132. The van der Waals surface area contributed by atoms with Crippen molar-refractivity contribution in [1.82, 2.24) is 9.36 Å². The molecule has 6 heteroatoms. The van der Waals surface area contributed by atoms with Crippen molar-refractivity contribution in [1.29, 1.82) is 5.41 Å². The highest BCUT2D eigenvalue weighted by Gasteiger charge is 2.33. The van der Waals surface area contributed by atoms with Gasteiger partial charge in [0.2, 0.25) is 5.13 Å². The van der Waals surface area contributed by atoms with E-state index in [0.717, 1.165) is 49.7 Å². The van der Waals surface area contributed by atoms with E-state index in [2.05, 4.69) is 28.1 Å². The molecule has 1 aliphatic rings. The van der Waals surface area contributed by atoms with Gasteiger partial charge in [0.1, 0.15) is 5.82 Å². The van der Waals surface area contributed by atoms with Gasteiger partial charge in [-0.3, -0.25) is 5.41 Å². The van der Waals surface area contributed by atoms with Crippen LogP contribution >= 0.6 is 11.5 Å². The fraction of sp³-hybridized carbons (Fsp3) is 0.750. The Bertz CT molecular complexity index is 420. The Morgan fingerprint density at radius 1 is 1.50 bits per heavy atom. The van der Waals surface area contributed by atoms with E-state index < -0.39 is 0 Å². The van der Waals surface area contributed by atoms with Gasteiger partial charge < -0.3 is 10.6 Å². The summed E-state index contributed by atoms with van der Waals surface area (Å²) in [5.74, 6) is 1.27. The molecule has 0 aromatic carbocycles. The van der Waals surface area contributed by atoms with E-state index in [1.165, 1.54) is 11.5 Å². The van der Waals surface area contributed by atoms with Gasteiger partial charge in [-0.05, 0) is 19.3 Å². The lowest BCUT2D eigenvalue weighted by atomic mass is 9.79. The van der Waals surface area contributed by atoms with Gasteiger partial charge in [0.05, 0.1) is 5.84 Å². The Morgan fingerprint density at radius 3 is 2.72 bits per heavy atom. The summed E-state index contributed by atoms with van der Waals surface area (Å²) in [5, 5.41) is 8.67. The van der Waals surface area contributed by atoms with E-state index in [4.69, 9.17) is 11.1 Å². The van der Waals surface area contributed by atoms with Crippen LogP contribution in [0.4, 0.5) is 5.13 Å². The van der Waals surface area contributed by atoms with Crippen molar-refractivity contribution in [2.45, 2.75) is 39.5 Å². The van der Waals surface area contributed by atoms with Crippen molar-refractivity contribution in [2.24, 2.45) is 11.1 Å². The highest BCUT2D eigenvalue weighted by Crippen LogP contribution is 2.33. The Labute approximate surface area is 112 Å². The summed E-state index contributed by atoms with van der Waals surface area (Å²) < 4.78 is 4.37. The van der Waals surface area contributed by atoms with E-state index in [9.17, 15) is 0 Å². The molecule has 1 fully saturated rings. The molecular weight excluding hydrogens is 246 g/mol. The fourth-order valence-electron chi connectivity index (χ4n) is 2.16. The predicted octanol–water partition coefficient (Wildman–Crippen LogP) is 2.03. The first-order valence-electron chi connectivity index (χ1n) is 6.47.